The van der Waals surface area contributed by atoms with Crippen molar-refractivity contribution < 1.29 is 4.79 Å². The van der Waals surface area contributed by atoms with Crippen molar-refractivity contribution in [3.05, 3.63) is 27.5 Å². The molecule has 1 N–H and O–H groups in total. The number of rotatable bonds is 1. The molecular formula is C8H5Cl2N3O. The van der Waals surface area contributed by atoms with Gasteiger partial charge >= 0.3 is 0 Å². The van der Waals surface area contributed by atoms with Gasteiger partial charge < -0.3 is 5.32 Å². The second kappa shape index (κ2) is 4.27. The largest absolute Gasteiger partial charge is 0.354 e. The second-order valence-corrected chi connectivity index (χ2v) is 3.11. The lowest BCUT2D eigenvalue weighted by Crippen LogP contribution is -2.19. The van der Waals surface area contributed by atoms with Crippen molar-refractivity contribution >= 4 is 29.1 Å². The number of hydrogen-bond acceptors (Lipinski definition) is 3. The number of amides is 1. The summed E-state index contributed by atoms with van der Waals surface area (Å²) in [6, 6.07) is 3.09. The lowest BCUT2D eigenvalue weighted by molar-refractivity contribution is 0.0958. The maximum Gasteiger partial charge on any atom is 0.269 e. The summed E-state index contributed by atoms with van der Waals surface area (Å²) in [5, 5.41) is 11.0. The molecule has 0 fully saturated rings. The first-order valence-electron chi connectivity index (χ1n) is 3.58. The highest BCUT2D eigenvalue weighted by Gasteiger charge is 2.13. The Hall–Kier alpha value is -1.31. The van der Waals surface area contributed by atoms with Crippen molar-refractivity contribution in [1.82, 2.24) is 10.3 Å². The number of pyridine rings is 1. The average Bonchev–Trinajstić information content (AvgIpc) is 2.16. The number of halogens is 2. The Kier molecular flexibility index (Phi) is 3.28. The Morgan fingerprint density at radius 2 is 2.29 bits per heavy atom. The van der Waals surface area contributed by atoms with Gasteiger partial charge in [0.1, 0.15) is 22.5 Å². The molecule has 0 aliphatic heterocycles. The molecule has 14 heavy (non-hydrogen) atoms. The molecule has 4 nitrogen and oxygen atoms in total. The first kappa shape index (κ1) is 10.8. The van der Waals surface area contributed by atoms with E-state index in [0.717, 1.165) is 0 Å². The van der Waals surface area contributed by atoms with Crippen LogP contribution in [0.4, 0.5) is 0 Å². The molecule has 0 spiro atoms. The van der Waals surface area contributed by atoms with E-state index in [1.807, 2.05) is 0 Å². The van der Waals surface area contributed by atoms with Crippen LogP contribution in [0.15, 0.2) is 6.07 Å². The molecule has 1 heterocycles. The van der Waals surface area contributed by atoms with Crippen LogP contribution in [-0.2, 0) is 0 Å². The van der Waals surface area contributed by atoms with Gasteiger partial charge in [0.05, 0.1) is 5.02 Å². The molecule has 1 aromatic heterocycles. The summed E-state index contributed by atoms with van der Waals surface area (Å²) in [5.74, 6) is -0.404. The quantitative estimate of drug-likeness (QED) is 0.745. The van der Waals surface area contributed by atoms with E-state index in [1.165, 1.54) is 13.1 Å². The van der Waals surface area contributed by atoms with E-state index in [1.54, 1.807) is 6.07 Å². The van der Waals surface area contributed by atoms with Gasteiger partial charge in [-0.2, -0.15) is 5.26 Å². The number of carbonyl (C=O) groups is 1. The molecule has 6 heteroatoms. The summed E-state index contributed by atoms with van der Waals surface area (Å²) in [6.45, 7) is 0. The number of carbonyl (C=O) groups excluding carboxylic acids is 1. The predicted octanol–water partition coefficient (Wildman–Crippen LogP) is 1.62. The van der Waals surface area contributed by atoms with Gasteiger partial charge in [0.15, 0.2) is 0 Å². The van der Waals surface area contributed by atoms with Crippen molar-refractivity contribution in [3.63, 3.8) is 0 Å². The van der Waals surface area contributed by atoms with E-state index < -0.39 is 5.91 Å². The molecule has 1 rings (SSSR count). The van der Waals surface area contributed by atoms with E-state index in [9.17, 15) is 4.79 Å². The molecule has 0 aliphatic rings. The van der Waals surface area contributed by atoms with Crippen LogP contribution in [0.2, 0.25) is 10.2 Å². The summed E-state index contributed by atoms with van der Waals surface area (Å²) in [6.07, 6.45) is 0. The SMILES string of the molecule is CNC(=O)c1cc(Cl)c(C#N)c(Cl)n1. The van der Waals surface area contributed by atoms with Gasteiger partial charge in [-0.1, -0.05) is 23.2 Å². The number of hydrogen-bond donors (Lipinski definition) is 1. The summed E-state index contributed by atoms with van der Waals surface area (Å²) < 4.78 is 0. The third-order valence-electron chi connectivity index (χ3n) is 1.50. The fourth-order valence-electron chi connectivity index (χ4n) is 0.829. The van der Waals surface area contributed by atoms with Crippen LogP contribution in [0.25, 0.3) is 0 Å². The first-order chi connectivity index (χ1) is 6.60. The van der Waals surface area contributed by atoms with E-state index in [2.05, 4.69) is 10.3 Å². The Morgan fingerprint density at radius 3 is 2.71 bits per heavy atom. The smallest absolute Gasteiger partial charge is 0.269 e. The molecule has 0 atom stereocenters. The zero-order valence-corrected chi connectivity index (χ0v) is 8.65. The van der Waals surface area contributed by atoms with Gasteiger partial charge in [-0.3, -0.25) is 4.79 Å². The van der Waals surface area contributed by atoms with Crippen LogP contribution in [-0.4, -0.2) is 17.9 Å². The lowest BCUT2D eigenvalue weighted by atomic mass is 10.2. The van der Waals surface area contributed by atoms with E-state index in [4.69, 9.17) is 28.5 Å². The molecule has 1 aromatic rings. The zero-order chi connectivity index (χ0) is 10.7. The van der Waals surface area contributed by atoms with Crippen molar-refractivity contribution in [1.29, 1.82) is 5.26 Å². The highest BCUT2D eigenvalue weighted by Crippen LogP contribution is 2.22. The molecule has 72 valence electrons. The monoisotopic (exact) mass is 229 g/mol. The minimum atomic E-state index is -0.404. The van der Waals surface area contributed by atoms with Gasteiger partial charge in [0.2, 0.25) is 0 Å². The van der Waals surface area contributed by atoms with Gasteiger partial charge in [0.25, 0.3) is 5.91 Å². The summed E-state index contributed by atoms with van der Waals surface area (Å²) in [7, 11) is 1.46. The van der Waals surface area contributed by atoms with Crippen molar-refractivity contribution in [2.75, 3.05) is 7.05 Å². The maximum atomic E-state index is 11.1. The standard InChI is InChI=1S/C8H5Cl2N3O/c1-12-8(14)6-2-5(9)4(3-11)7(10)13-6/h2H,1H3,(H,12,14). The minimum absolute atomic E-state index is 0.0704. The van der Waals surface area contributed by atoms with Gasteiger partial charge in [-0.05, 0) is 6.07 Å². The Bertz CT molecular complexity index is 402. The lowest BCUT2D eigenvalue weighted by Gasteiger charge is -2.02. The van der Waals surface area contributed by atoms with Gasteiger partial charge in [-0.15, -0.1) is 0 Å². The van der Waals surface area contributed by atoms with E-state index in [-0.39, 0.29) is 21.4 Å². The molecule has 0 bridgehead atoms. The summed E-state index contributed by atoms with van der Waals surface area (Å²) in [4.78, 5) is 14.9. The Balaban J connectivity index is 3.29. The predicted molar refractivity (Wildman–Crippen MR) is 52.4 cm³/mol. The Labute approximate surface area is 90.5 Å². The van der Waals surface area contributed by atoms with Crippen LogP contribution in [0.3, 0.4) is 0 Å². The first-order valence-corrected chi connectivity index (χ1v) is 4.34. The van der Waals surface area contributed by atoms with E-state index >= 15 is 0 Å². The van der Waals surface area contributed by atoms with Crippen LogP contribution < -0.4 is 5.32 Å². The normalized spacial score (nSPS) is 9.29. The number of nitrogens with zero attached hydrogens (tertiary/aromatic N) is 2. The van der Waals surface area contributed by atoms with Crippen LogP contribution in [0, 0.1) is 11.3 Å². The average molecular weight is 230 g/mol. The molecule has 0 aromatic carbocycles. The molecule has 0 radical (unpaired) electrons. The van der Waals surface area contributed by atoms with Gasteiger partial charge in [-0.25, -0.2) is 4.98 Å². The topological polar surface area (TPSA) is 65.8 Å². The molecule has 1 amide bonds. The molecule has 0 saturated heterocycles. The molecule has 0 unspecified atom stereocenters. The van der Waals surface area contributed by atoms with Gasteiger partial charge in [0, 0.05) is 7.05 Å². The molecule has 0 saturated carbocycles. The zero-order valence-electron chi connectivity index (χ0n) is 7.14. The second-order valence-electron chi connectivity index (χ2n) is 2.35. The fraction of sp³-hybridized carbons (Fsp3) is 0.125. The third-order valence-corrected chi connectivity index (χ3v) is 2.07. The van der Waals surface area contributed by atoms with Crippen LogP contribution in [0.5, 0.6) is 0 Å². The van der Waals surface area contributed by atoms with Crippen LogP contribution >= 0.6 is 23.2 Å². The number of nitrogens with one attached hydrogen (secondary N) is 1. The minimum Gasteiger partial charge on any atom is -0.354 e. The van der Waals surface area contributed by atoms with E-state index in [0.29, 0.717) is 0 Å². The number of aromatic nitrogens is 1. The fourth-order valence-corrected chi connectivity index (χ4v) is 1.35. The highest BCUT2D eigenvalue weighted by molar-refractivity contribution is 6.36. The molecule has 0 aliphatic carbocycles. The maximum absolute atomic E-state index is 11.1. The summed E-state index contributed by atoms with van der Waals surface area (Å²) >= 11 is 11.3. The Morgan fingerprint density at radius 1 is 1.64 bits per heavy atom. The number of nitriles is 1. The third kappa shape index (κ3) is 1.95. The van der Waals surface area contributed by atoms with Crippen LogP contribution in [0.1, 0.15) is 16.1 Å². The summed E-state index contributed by atoms with van der Waals surface area (Å²) in [5.41, 5.74) is 0.155. The van der Waals surface area contributed by atoms with Crippen molar-refractivity contribution in [3.8, 4) is 6.07 Å². The van der Waals surface area contributed by atoms with Crippen molar-refractivity contribution in [2.45, 2.75) is 0 Å². The van der Waals surface area contributed by atoms with Crippen molar-refractivity contribution in [2.24, 2.45) is 0 Å². The molecular weight excluding hydrogens is 225 g/mol. The highest BCUT2D eigenvalue weighted by atomic mass is 35.5.